The van der Waals surface area contributed by atoms with Gasteiger partial charge in [0.25, 0.3) is 0 Å². The second-order valence-corrected chi connectivity index (χ2v) is 13.1. The molecular formula is C35H57NO7. The van der Waals surface area contributed by atoms with Crippen LogP contribution in [0.15, 0.2) is 36.0 Å². The minimum Gasteiger partial charge on any atom is -0.373 e. The van der Waals surface area contributed by atoms with Crippen molar-refractivity contribution in [2.75, 3.05) is 13.2 Å². The third-order valence-corrected chi connectivity index (χ3v) is 8.66. The summed E-state index contributed by atoms with van der Waals surface area (Å²) in [6, 6.07) is -0.00115. The zero-order valence-electron chi connectivity index (χ0n) is 27.8. The summed E-state index contributed by atoms with van der Waals surface area (Å²) in [5, 5.41) is 3.12. The van der Waals surface area contributed by atoms with Gasteiger partial charge in [-0.25, -0.2) is 0 Å². The first-order valence-electron chi connectivity index (χ1n) is 16.5. The predicted molar refractivity (Wildman–Crippen MR) is 169 cm³/mol. The van der Waals surface area contributed by atoms with Gasteiger partial charge in [0.15, 0.2) is 6.29 Å². The standard InChI is InChI=1S/C35H57NO7/c1-9-11-12-28(37)20-29-21-35(22-40-35)34(42-27(8)39-10-2)32(43-29)17-15-24(5)14-16-31-25(6)19-30(26(7)41-31)36-33(38)18-13-23(3)4/h13-15,17-18,23,25-27,29-32,34H,9-12,16,19-22H2,1-8H3,(H,36,38)/b17-15+,18-13-,24-14+/t25-,26+,27?,29+,30+,31-,32+,34+,35+/m0/s1. The van der Waals surface area contributed by atoms with Crippen LogP contribution in [0.25, 0.3) is 0 Å². The number of amides is 1. The van der Waals surface area contributed by atoms with Crippen LogP contribution in [-0.4, -0.2) is 73.4 Å². The molecule has 1 amide bonds. The number of epoxide rings is 1. The molecule has 0 aromatic carbocycles. The van der Waals surface area contributed by atoms with Crippen molar-refractivity contribution < 1.29 is 33.3 Å². The van der Waals surface area contributed by atoms with Crippen molar-refractivity contribution in [1.82, 2.24) is 5.32 Å². The molecule has 3 fully saturated rings. The normalized spacial score (nSPS) is 33.9. The molecule has 8 nitrogen and oxygen atoms in total. The predicted octanol–water partition coefficient (Wildman–Crippen LogP) is 6.23. The lowest BCUT2D eigenvalue weighted by atomic mass is 9.86. The largest absolute Gasteiger partial charge is 0.373 e. The Labute approximate surface area is 260 Å². The summed E-state index contributed by atoms with van der Waals surface area (Å²) in [6.07, 6.45) is 13.8. The van der Waals surface area contributed by atoms with Gasteiger partial charge in [-0.05, 0) is 64.9 Å². The number of unbranched alkanes of at least 4 members (excludes halogenated alkanes) is 1. The summed E-state index contributed by atoms with van der Waals surface area (Å²) in [4.78, 5) is 24.9. The van der Waals surface area contributed by atoms with Gasteiger partial charge in [-0.1, -0.05) is 64.0 Å². The summed E-state index contributed by atoms with van der Waals surface area (Å²) < 4.78 is 30.9. The molecule has 0 aromatic rings. The van der Waals surface area contributed by atoms with Gasteiger partial charge in [-0.15, -0.1) is 0 Å². The average molecular weight is 604 g/mol. The fourth-order valence-corrected chi connectivity index (χ4v) is 6.04. The molecule has 1 spiro atoms. The minimum atomic E-state index is -0.440. The monoisotopic (exact) mass is 603 g/mol. The molecule has 8 heteroatoms. The minimum absolute atomic E-state index is 0.00115. The third-order valence-electron chi connectivity index (χ3n) is 8.66. The molecule has 0 aliphatic carbocycles. The highest BCUT2D eigenvalue weighted by atomic mass is 16.7. The van der Waals surface area contributed by atoms with Crippen molar-refractivity contribution in [1.29, 1.82) is 0 Å². The summed E-state index contributed by atoms with van der Waals surface area (Å²) in [6.45, 7) is 17.5. The molecule has 3 saturated heterocycles. The number of rotatable bonds is 16. The van der Waals surface area contributed by atoms with Gasteiger partial charge in [0.05, 0.1) is 31.0 Å². The van der Waals surface area contributed by atoms with E-state index >= 15 is 0 Å². The van der Waals surface area contributed by atoms with Crippen LogP contribution in [0, 0.1) is 11.8 Å². The molecule has 244 valence electrons. The Balaban J connectivity index is 1.63. The summed E-state index contributed by atoms with van der Waals surface area (Å²) in [7, 11) is 0. The van der Waals surface area contributed by atoms with Crippen molar-refractivity contribution in [2.24, 2.45) is 11.8 Å². The lowest BCUT2D eigenvalue weighted by Crippen LogP contribution is -2.53. The van der Waals surface area contributed by atoms with Crippen LogP contribution in [0.2, 0.25) is 0 Å². The van der Waals surface area contributed by atoms with Crippen LogP contribution in [-0.2, 0) is 33.3 Å². The van der Waals surface area contributed by atoms with E-state index in [-0.39, 0.29) is 54.5 Å². The van der Waals surface area contributed by atoms with Crippen molar-refractivity contribution in [3.05, 3.63) is 36.0 Å². The van der Waals surface area contributed by atoms with Crippen LogP contribution in [0.1, 0.15) is 100 Å². The Morgan fingerprint density at radius 3 is 2.51 bits per heavy atom. The van der Waals surface area contributed by atoms with Crippen LogP contribution in [0.3, 0.4) is 0 Å². The van der Waals surface area contributed by atoms with E-state index in [2.05, 4.69) is 52.1 Å². The quantitative estimate of drug-likeness (QED) is 0.0967. The fourth-order valence-electron chi connectivity index (χ4n) is 6.04. The second kappa shape index (κ2) is 17.0. The first kappa shape index (κ1) is 35.6. The van der Waals surface area contributed by atoms with Crippen molar-refractivity contribution in [2.45, 2.75) is 149 Å². The highest BCUT2D eigenvalue weighted by Crippen LogP contribution is 2.45. The van der Waals surface area contributed by atoms with E-state index in [1.165, 1.54) is 0 Å². The number of ether oxygens (including phenoxy) is 5. The Hall–Kier alpha value is -1.84. The van der Waals surface area contributed by atoms with Crippen molar-refractivity contribution >= 4 is 11.7 Å². The summed E-state index contributed by atoms with van der Waals surface area (Å²) in [5.41, 5.74) is 0.661. The Kier molecular flexibility index (Phi) is 14.1. The van der Waals surface area contributed by atoms with Gasteiger partial charge in [0.2, 0.25) is 5.91 Å². The lowest BCUT2D eigenvalue weighted by molar-refractivity contribution is -0.226. The van der Waals surface area contributed by atoms with E-state index in [1.54, 1.807) is 6.08 Å². The molecule has 1 unspecified atom stereocenters. The van der Waals surface area contributed by atoms with Crippen molar-refractivity contribution in [3.8, 4) is 0 Å². The number of ketones is 1. The molecule has 43 heavy (non-hydrogen) atoms. The zero-order chi connectivity index (χ0) is 31.6. The number of hydrogen-bond acceptors (Lipinski definition) is 7. The summed E-state index contributed by atoms with van der Waals surface area (Å²) >= 11 is 0. The smallest absolute Gasteiger partial charge is 0.243 e. The Morgan fingerprint density at radius 1 is 1.12 bits per heavy atom. The number of carbonyl (C=O) groups is 2. The Bertz CT molecular complexity index is 985. The fraction of sp³-hybridized carbons (Fsp3) is 0.771. The van der Waals surface area contributed by atoms with E-state index in [9.17, 15) is 9.59 Å². The van der Waals surface area contributed by atoms with Crippen LogP contribution >= 0.6 is 0 Å². The highest BCUT2D eigenvalue weighted by molar-refractivity contribution is 5.87. The molecule has 9 atom stereocenters. The average Bonchev–Trinajstić information content (AvgIpc) is 3.71. The van der Waals surface area contributed by atoms with Crippen molar-refractivity contribution in [3.63, 3.8) is 0 Å². The van der Waals surface area contributed by atoms with E-state index in [4.69, 9.17) is 23.7 Å². The highest BCUT2D eigenvalue weighted by Gasteiger charge is 2.60. The first-order chi connectivity index (χ1) is 20.5. The maximum Gasteiger partial charge on any atom is 0.243 e. The van der Waals surface area contributed by atoms with E-state index in [0.717, 1.165) is 31.3 Å². The molecular weight excluding hydrogens is 546 g/mol. The van der Waals surface area contributed by atoms with Gasteiger partial charge in [-0.2, -0.15) is 0 Å². The number of hydrogen-bond donors (Lipinski definition) is 1. The van der Waals surface area contributed by atoms with E-state index in [1.807, 2.05) is 32.9 Å². The maximum atomic E-state index is 12.6. The van der Waals surface area contributed by atoms with E-state index in [0.29, 0.717) is 44.3 Å². The molecule has 0 aromatic heterocycles. The van der Waals surface area contributed by atoms with Gasteiger partial charge < -0.3 is 29.0 Å². The first-order valence-corrected chi connectivity index (χ1v) is 16.5. The number of nitrogens with one attached hydrogen (secondary N) is 1. The van der Waals surface area contributed by atoms with Gasteiger partial charge in [0.1, 0.15) is 23.6 Å². The number of carbonyl (C=O) groups excluding carboxylic acids is 2. The molecule has 0 saturated carbocycles. The van der Waals surface area contributed by atoms with Gasteiger partial charge >= 0.3 is 0 Å². The van der Waals surface area contributed by atoms with Crippen LogP contribution < -0.4 is 5.32 Å². The van der Waals surface area contributed by atoms with Crippen LogP contribution in [0.5, 0.6) is 0 Å². The number of Topliss-reactive ketones (excluding diaryl/α,β-unsaturated/α-hetero) is 1. The van der Waals surface area contributed by atoms with Gasteiger partial charge in [-0.3, -0.25) is 9.59 Å². The van der Waals surface area contributed by atoms with Crippen LogP contribution in [0.4, 0.5) is 0 Å². The maximum absolute atomic E-state index is 12.6. The molecule has 0 radical (unpaired) electrons. The lowest BCUT2D eigenvalue weighted by Gasteiger charge is -2.40. The Morgan fingerprint density at radius 2 is 1.86 bits per heavy atom. The molecule has 3 aliphatic rings. The topological polar surface area (TPSA) is 95.6 Å². The molecule has 0 bridgehead atoms. The second-order valence-electron chi connectivity index (χ2n) is 13.1. The molecule has 3 heterocycles. The molecule has 3 rings (SSSR count). The SMILES string of the molecule is CCCCC(=O)C[C@@H]1C[C@@]2(CO2)[C@H](OC(C)OCC)[C@@H](/C=C/C(C)=C/C[C@@H]2O[C@H](C)[C@H](NC(=O)/C=C\C(C)C)C[C@@H]2C)O1. The molecule has 3 aliphatic heterocycles. The molecule has 1 N–H and O–H groups in total. The third kappa shape index (κ3) is 11.2. The van der Waals surface area contributed by atoms with E-state index < -0.39 is 5.60 Å². The number of allylic oxidation sites excluding steroid dienone is 3. The van der Waals surface area contributed by atoms with Gasteiger partial charge in [0, 0.05) is 25.9 Å². The summed E-state index contributed by atoms with van der Waals surface area (Å²) in [5.74, 6) is 0.827. The zero-order valence-corrected chi connectivity index (χ0v) is 27.8.